The smallest absolute Gasteiger partial charge is 0.329 e. The van der Waals surface area contributed by atoms with Gasteiger partial charge in [0.05, 0.1) is 0 Å². The highest BCUT2D eigenvalue weighted by Gasteiger charge is 2.28. The standard InChI is InChI=1S/C20H30N2O3.C6H13NO2/c1-4-5-8-18(21-17-11-9-15(2)10-12-17)20(24)25-16(3)19(23)22-13-6-7-14-22;1-2-3-4-5(7)6(8)9/h9-12,16,18,21H,4-8,13-14H2,1-3H3;5H,2-4,7H2,1H3,(H,8,9)/t16-,18+;5-/m01/s1. The summed E-state index contributed by atoms with van der Waals surface area (Å²) >= 11 is 0. The molecule has 0 unspecified atom stereocenters. The Labute approximate surface area is 204 Å². The van der Waals surface area contributed by atoms with E-state index in [0.29, 0.717) is 12.8 Å². The first-order valence-electron chi connectivity index (χ1n) is 12.5. The lowest BCUT2D eigenvalue weighted by molar-refractivity contribution is -0.159. The van der Waals surface area contributed by atoms with Gasteiger partial charge in [0.1, 0.15) is 12.1 Å². The number of anilines is 1. The molecular weight excluding hydrogens is 434 g/mol. The number of esters is 1. The third-order valence-electron chi connectivity index (χ3n) is 5.77. The lowest BCUT2D eigenvalue weighted by Crippen LogP contribution is -2.41. The lowest BCUT2D eigenvalue weighted by atomic mass is 10.1. The van der Waals surface area contributed by atoms with Gasteiger partial charge in [0.15, 0.2) is 6.10 Å². The average molecular weight is 478 g/mol. The average Bonchev–Trinajstić information content (AvgIpc) is 3.36. The Bertz CT molecular complexity index is 747. The first kappa shape index (κ1) is 29.4. The molecule has 0 saturated carbocycles. The van der Waals surface area contributed by atoms with Gasteiger partial charge in [0, 0.05) is 18.8 Å². The third kappa shape index (κ3) is 11.0. The number of nitrogens with one attached hydrogen (secondary N) is 1. The van der Waals surface area contributed by atoms with Gasteiger partial charge in [-0.3, -0.25) is 9.59 Å². The number of hydrogen-bond acceptors (Lipinski definition) is 6. The highest BCUT2D eigenvalue weighted by Crippen LogP contribution is 2.16. The molecule has 1 aliphatic rings. The maximum atomic E-state index is 12.6. The number of ether oxygens (including phenoxy) is 1. The van der Waals surface area contributed by atoms with E-state index < -0.39 is 24.2 Å². The first-order chi connectivity index (χ1) is 16.2. The number of aliphatic carboxylic acids is 1. The van der Waals surface area contributed by atoms with Crippen LogP contribution in [-0.4, -0.2) is 59.1 Å². The number of hydrogen-bond donors (Lipinski definition) is 3. The van der Waals surface area contributed by atoms with E-state index in [9.17, 15) is 14.4 Å². The zero-order valence-corrected chi connectivity index (χ0v) is 21.2. The number of carboxylic acid groups (broad SMARTS) is 1. The molecule has 8 heteroatoms. The van der Waals surface area contributed by atoms with E-state index in [-0.39, 0.29) is 11.9 Å². The minimum Gasteiger partial charge on any atom is -0.480 e. The van der Waals surface area contributed by atoms with Crippen molar-refractivity contribution in [3.05, 3.63) is 29.8 Å². The van der Waals surface area contributed by atoms with E-state index in [4.69, 9.17) is 15.6 Å². The van der Waals surface area contributed by atoms with Crippen LogP contribution in [0.1, 0.15) is 77.7 Å². The molecule has 2 rings (SSSR count). The van der Waals surface area contributed by atoms with Crippen LogP contribution in [0.2, 0.25) is 0 Å². The monoisotopic (exact) mass is 477 g/mol. The Morgan fingerprint density at radius 3 is 2.15 bits per heavy atom. The minimum absolute atomic E-state index is 0.0876. The number of aryl methyl sites for hydroxylation is 1. The van der Waals surface area contributed by atoms with E-state index in [2.05, 4.69) is 12.2 Å². The van der Waals surface area contributed by atoms with Gasteiger partial charge in [-0.25, -0.2) is 4.79 Å². The molecule has 8 nitrogen and oxygen atoms in total. The van der Waals surface area contributed by atoms with E-state index in [0.717, 1.165) is 57.3 Å². The summed E-state index contributed by atoms with van der Waals surface area (Å²) in [6, 6.07) is 6.83. The van der Waals surface area contributed by atoms with Crippen molar-refractivity contribution in [2.75, 3.05) is 18.4 Å². The molecule has 1 amide bonds. The molecule has 0 bridgehead atoms. The number of nitrogens with zero attached hydrogens (tertiary/aromatic N) is 1. The molecule has 1 aliphatic heterocycles. The van der Waals surface area contributed by atoms with Crippen molar-refractivity contribution in [2.24, 2.45) is 5.73 Å². The summed E-state index contributed by atoms with van der Waals surface area (Å²) in [5.41, 5.74) is 7.26. The molecule has 0 radical (unpaired) electrons. The van der Waals surface area contributed by atoms with Crippen molar-refractivity contribution in [1.29, 1.82) is 0 Å². The quantitative estimate of drug-likeness (QED) is 0.387. The predicted molar refractivity (Wildman–Crippen MR) is 135 cm³/mol. The SMILES string of the molecule is CCCC[C@@H](N)C(=O)O.CCCC[C@@H](Nc1ccc(C)cc1)C(=O)O[C@@H](C)C(=O)N1CCCC1. The zero-order chi connectivity index (χ0) is 25.5. The van der Waals surface area contributed by atoms with E-state index in [1.54, 1.807) is 11.8 Å². The maximum absolute atomic E-state index is 12.6. The molecule has 1 aromatic rings. The van der Waals surface area contributed by atoms with Crippen molar-refractivity contribution in [3.63, 3.8) is 0 Å². The third-order valence-corrected chi connectivity index (χ3v) is 5.77. The minimum atomic E-state index is -0.900. The van der Waals surface area contributed by atoms with Crippen LogP contribution < -0.4 is 11.1 Å². The topological polar surface area (TPSA) is 122 Å². The number of unbranched alkanes of at least 4 members (excludes halogenated alkanes) is 2. The highest BCUT2D eigenvalue weighted by molar-refractivity contribution is 5.86. The number of carbonyl (C=O) groups excluding carboxylic acids is 2. The summed E-state index contributed by atoms with van der Waals surface area (Å²) in [7, 11) is 0. The Hall–Kier alpha value is -2.61. The van der Waals surface area contributed by atoms with Crippen LogP contribution in [0, 0.1) is 6.92 Å². The molecule has 34 heavy (non-hydrogen) atoms. The van der Waals surface area contributed by atoms with Gasteiger partial charge in [-0.1, -0.05) is 57.2 Å². The number of likely N-dealkylation sites (tertiary alicyclic amines) is 1. The summed E-state index contributed by atoms with van der Waals surface area (Å²) in [5.74, 6) is -1.34. The van der Waals surface area contributed by atoms with Gasteiger partial charge in [-0.05, 0) is 51.7 Å². The fourth-order valence-electron chi connectivity index (χ4n) is 3.56. The molecule has 192 valence electrons. The molecule has 0 spiro atoms. The molecule has 1 heterocycles. The van der Waals surface area contributed by atoms with Crippen LogP contribution in [0.15, 0.2) is 24.3 Å². The van der Waals surface area contributed by atoms with Crippen molar-refractivity contribution in [3.8, 4) is 0 Å². The zero-order valence-electron chi connectivity index (χ0n) is 21.2. The van der Waals surface area contributed by atoms with Crippen LogP contribution in [0.25, 0.3) is 0 Å². The van der Waals surface area contributed by atoms with Crippen LogP contribution in [0.3, 0.4) is 0 Å². The largest absolute Gasteiger partial charge is 0.480 e. The summed E-state index contributed by atoms with van der Waals surface area (Å²) in [4.78, 5) is 36.8. The number of rotatable bonds is 12. The molecule has 0 aliphatic carbocycles. The van der Waals surface area contributed by atoms with Crippen LogP contribution in [-0.2, 0) is 19.1 Å². The fourth-order valence-corrected chi connectivity index (χ4v) is 3.56. The fraction of sp³-hybridized carbons (Fsp3) is 0.654. The van der Waals surface area contributed by atoms with E-state index >= 15 is 0 Å². The second-order valence-electron chi connectivity index (χ2n) is 8.90. The Morgan fingerprint density at radius 1 is 1.06 bits per heavy atom. The van der Waals surface area contributed by atoms with Crippen molar-refractivity contribution in [2.45, 2.75) is 97.2 Å². The second kappa shape index (κ2) is 16.1. The molecule has 1 saturated heterocycles. The van der Waals surface area contributed by atoms with Gasteiger partial charge in [-0.2, -0.15) is 0 Å². The van der Waals surface area contributed by atoms with Crippen molar-refractivity contribution < 1.29 is 24.2 Å². The molecule has 4 N–H and O–H groups in total. The van der Waals surface area contributed by atoms with Crippen molar-refractivity contribution >= 4 is 23.5 Å². The molecule has 1 fully saturated rings. The van der Waals surface area contributed by atoms with E-state index in [1.165, 1.54) is 5.56 Å². The summed E-state index contributed by atoms with van der Waals surface area (Å²) in [5, 5.41) is 11.5. The predicted octanol–water partition coefficient (Wildman–Crippen LogP) is 4.11. The number of carboxylic acids is 1. The van der Waals surface area contributed by atoms with Crippen molar-refractivity contribution in [1.82, 2.24) is 4.90 Å². The van der Waals surface area contributed by atoms with Gasteiger partial charge >= 0.3 is 11.9 Å². The summed E-state index contributed by atoms with van der Waals surface area (Å²) in [6.45, 7) is 9.32. The van der Waals surface area contributed by atoms with Gasteiger partial charge in [-0.15, -0.1) is 0 Å². The van der Waals surface area contributed by atoms with Crippen LogP contribution >= 0.6 is 0 Å². The summed E-state index contributed by atoms with van der Waals surface area (Å²) < 4.78 is 5.49. The Balaban J connectivity index is 0.000000546. The Morgan fingerprint density at radius 2 is 1.62 bits per heavy atom. The molecular formula is C26H43N3O5. The molecule has 0 aromatic heterocycles. The number of nitrogens with two attached hydrogens (primary N) is 1. The molecule has 1 aromatic carbocycles. The summed E-state index contributed by atoms with van der Waals surface area (Å²) in [6.07, 6.45) is 6.43. The van der Waals surface area contributed by atoms with Crippen LogP contribution in [0.4, 0.5) is 5.69 Å². The van der Waals surface area contributed by atoms with Gasteiger partial charge in [0.2, 0.25) is 0 Å². The Kier molecular flexibility index (Phi) is 13.9. The lowest BCUT2D eigenvalue weighted by Gasteiger charge is -2.24. The van der Waals surface area contributed by atoms with E-state index in [1.807, 2.05) is 38.1 Å². The second-order valence-corrected chi connectivity index (χ2v) is 8.90. The van der Waals surface area contributed by atoms with Crippen LogP contribution in [0.5, 0.6) is 0 Å². The number of amides is 1. The van der Waals surface area contributed by atoms with Gasteiger partial charge in [0.25, 0.3) is 5.91 Å². The number of benzene rings is 1. The number of carbonyl (C=O) groups is 3. The highest BCUT2D eigenvalue weighted by atomic mass is 16.5. The van der Waals surface area contributed by atoms with Gasteiger partial charge < -0.3 is 25.8 Å². The normalized spacial score (nSPS) is 15.5. The first-order valence-corrected chi connectivity index (χ1v) is 12.5. The maximum Gasteiger partial charge on any atom is 0.329 e. The molecule has 3 atom stereocenters.